The van der Waals surface area contributed by atoms with Gasteiger partial charge in [0.15, 0.2) is 0 Å². The summed E-state index contributed by atoms with van der Waals surface area (Å²) in [6, 6.07) is 8.42. The number of carboxylic acids is 1. The Labute approximate surface area is 130 Å². The number of hydrogen-bond acceptors (Lipinski definition) is 3. The van der Waals surface area contributed by atoms with Crippen LogP contribution in [0.25, 0.3) is 0 Å². The van der Waals surface area contributed by atoms with E-state index in [-0.39, 0.29) is 11.5 Å². The van der Waals surface area contributed by atoms with Gasteiger partial charge in [-0.2, -0.15) is 5.26 Å². The first kappa shape index (κ1) is 16.0. The van der Waals surface area contributed by atoms with Gasteiger partial charge in [0.05, 0.1) is 11.6 Å². The van der Waals surface area contributed by atoms with Crippen LogP contribution in [0.1, 0.15) is 35.7 Å². The molecule has 5 nitrogen and oxygen atoms in total. The molecule has 1 aromatic rings. The monoisotopic (exact) mass is 300 g/mol. The third-order valence-electron chi connectivity index (χ3n) is 4.19. The Morgan fingerprint density at radius 1 is 1.32 bits per heavy atom. The number of benzene rings is 1. The van der Waals surface area contributed by atoms with Gasteiger partial charge in [0.1, 0.15) is 5.92 Å². The Bertz CT molecular complexity index is 581. The van der Waals surface area contributed by atoms with Crippen LogP contribution in [0.5, 0.6) is 0 Å². The van der Waals surface area contributed by atoms with Crippen LogP contribution in [-0.4, -0.2) is 35.0 Å². The van der Waals surface area contributed by atoms with Crippen LogP contribution < -0.4 is 0 Å². The van der Waals surface area contributed by atoms with E-state index in [2.05, 4.69) is 13.0 Å². The summed E-state index contributed by atoms with van der Waals surface area (Å²) in [6.45, 7) is 3.61. The van der Waals surface area contributed by atoms with Crippen LogP contribution in [0.15, 0.2) is 24.3 Å². The first-order valence-electron chi connectivity index (χ1n) is 7.52. The highest BCUT2D eigenvalue weighted by Crippen LogP contribution is 2.19. The molecular formula is C17H20N2O3. The summed E-state index contributed by atoms with van der Waals surface area (Å²) >= 11 is 0. The average Bonchev–Trinajstić information content (AvgIpc) is 2.53. The van der Waals surface area contributed by atoms with Crippen molar-refractivity contribution in [1.82, 2.24) is 4.90 Å². The van der Waals surface area contributed by atoms with E-state index in [0.717, 1.165) is 31.5 Å². The lowest BCUT2D eigenvalue weighted by Crippen LogP contribution is -2.41. The molecule has 1 aliphatic heterocycles. The number of carboxylic acid groups (broad SMARTS) is 1. The quantitative estimate of drug-likeness (QED) is 0.925. The standard InChI is InChI=1S/C17H20N2O3/c1-12-6-8-19(9-7-12)16(20)15(11-18)10-13-2-4-14(5-3-13)17(21)22/h2-5,12,15H,6-10H2,1H3,(H,21,22). The van der Waals surface area contributed by atoms with Gasteiger partial charge in [-0.15, -0.1) is 0 Å². The molecule has 1 N–H and O–H groups in total. The molecule has 1 atom stereocenters. The van der Waals surface area contributed by atoms with Crippen molar-refractivity contribution in [3.63, 3.8) is 0 Å². The highest BCUT2D eigenvalue weighted by molar-refractivity contribution is 5.87. The van der Waals surface area contributed by atoms with E-state index in [4.69, 9.17) is 5.11 Å². The van der Waals surface area contributed by atoms with E-state index in [1.165, 1.54) is 12.1 Å². The van der Waals surface area contributed by atoms with Crippen LogP contribution in [0, 0.1) is 23.2 Å². The van der Waals surface area contributed by atoms with Crippen LogP contribution in [0.3, 0.4) is 0 Å². The minimum absolute atomic E-state index is 0.114. The zero-order valence-electron chi connectivity index (χ0n) is 12.7. The number of rotatable bonds is 4. The molecule has 1 amide bonds. The maximum Gasteiger partial charge on any atom is 0.335 e. The van der Waals surface area contributed by atoms with Crippen LogP contribution in [-0.2, 0) is 11.2 Å². The Morgan fingerprint density at radius 2 is 1.91 bits per heavy atom. The lowest BCUT2D eigenvalue weighted by Gasteiger charge is -2.31. The number of amides is 1. The number of nitriles is 1. The molecule has 116 valence electrons. The number of likely N-dealkylation sites (tertiary alicyclic amines) is 1. The van der Waals surface area contributed by atoms with Gasteiger partial charge in [0.2, 0.25) is 5.91 Å². The number of piperidine rings is 1. The summed E-state index contributed by atoms with van der Waals surface area (Å²) in [7, 11) is 0. The van der Waals surface area contributed by atoms with Gasteiger partial charge in [-0.1, -0.05) is 19.1 Å². The lowest BCUT2D eigenvalue weighted by molar-refractivity contribution is -0.135. The van der Waals surface area contributed by atoms with E-state index in [0.29, 0.717) is 12.3 Å². The molecule has 1 heterocycles. The summed E-state index contributed by atoms with van der Waals surface area (Å²) in [5.74, 6) is -1.17. The molecule has 1 fully saturated rings. The molecule has 1 saturated heterocycles. The van der Waals surface area contributed by atoms with Crippen molar-refractivity contribution in [2.45, 2.75) is 26.2 Å². The Hall–Kier alpha value is -2.35. The predicted octanol–water partition coefficient (Wildman–Crippen LogP) is 2.33. The van der Waals surface area contributed by atoms with E-state index >= 15 is 0 Å². The van der Waals surface area contributed by atoms with Crippen LogP contribution in [0.2, 0.25) is 0 Å². The van der Waals surface area contributed by atoms with E-state index in [1.807, 2.05) is 0 Å². The molecule has 0 saturated carbocycles. The summed E-state index contributed by atoms with van der Waals surface area (Å²) in [5.41, 5.74) is 1.00. The highest BCUT2D eigenvalue weighted by atomic mass is 16.4. The summed E-state index contributed by atoms with van der Waals surface area (Å²) in [4.78, 5) is 25.0. The Kier molecular flexibility index (Phi) is 5.16. The summed E-state index contributed by atoms with van der Waals surface area (Å²) in [6.07, 6.45) is 2.29. The van der Waals surface area contributed by atoms with Crippen LogP contribution in [0.4, 0.5) is 0 Å². The van der Waals surface area contributed by atoms with E-state index in [9.17, 15) is 14.9 Å². The second kappa shape index (κ2) is 7.08. The first-order chi connectivity index (χ1) is 10.5. The first-order valence-corrected chi connectivity index (χ1v) is 7.52. The van der Waals surface area contributed by atoms with Crippen molar-refractivity contribution in [1.29, 1.82) is 5.26 Å². The van der Waals surface area contributed by atoms with Gasteiger partial charge in [0, 0.05) is 13.1 Å². The van der Waals surface area contributed by atoms with Crippen molar-refractivity contribution in [3.05, 3.63) is 35.4 Å². The molecule has 1 aromatic carbocycles. The fourth-order valence-electron chi connectivity index (χ4n) is 2.66. The third kappa shape index (κ3) is 3.85. The van der Waals surface area contributed by atoms with Crippen LogP contribution >= 0.6 is 0 Å². The molecule has 0 bridgehead atoms. The SMILES string of the molecule is CC1CCN(C(=O)C(C#N)Cc2ccc(C(=O)O)cc2)CC1. The third-order valence-corrected chi connectivity index (χ3v) is 4.19. The lowest BCUT2D eigenvalue weighted by atomic mass is 9.95. The summed E-state index contributed by atoms with van der Waals surface area (Å²) < 4.78 is 0. The zero-order chi connectivity index (χ0) is 16.1. The van der Waals surface area contributed by atoms with Crippen molar-refractivity contribution in [2.75, 3.05) is 13.1 Å². The molecular weight excluding hydrogens is 280 g/mol. The number of nitrogens with zero attached hydrogens (tertiary/aromatic N) is 2. The Balaban J connectivity index is 2.01. The molecule has 0 spiro atoms. The molecule has 0 radical (unpaired) electrons. The normalized spacial score (nSPS) is 16.8. The molecule has 0 aliphatic carbocycles. The van der Waals surface area contributed by atoms with Crippen molar-refractivity contribution in [3.8, 4) is 6.07 Å². The topological polar surface area (TPSA) is 81.4 Å². The van der Waals surface area contributed by atoms with E-state index in [1.54, 1.807) is 17.0 Å². The zero-order valence-corrected chi connectivity index (χ0v) is 12.7. The molecule has 22 heavy (non-hydrogen) atoms. The molecule has 2 rings (SSSR count). The molecule has 0 aromatic heterocycles. The minimum atomic E-state index is -0.984. The maximum atomic E-state index is 12.4. The highest BCUT2D eigenvalue weighted by Gasteiger charge is 2.27. The number of carbonyl (C=O) groups is 2. The molecule has 1 unspecified atom stereocenters. The second-order valence-electron chi connectivity index (χ2n) is 5.90. The number of hydrogen-bond donors (Lipinski definition) is 1. The van der Waals surface area contributed by atoms with Gasteiger partial charge < -0.3 is 10.0 Å². The second-order valence-corrected chi connectivity index (χ2v) is 5.90. The number of carbonyl (C=O) groups excluding carboxylic acids is 1. The smallest absolute Gasteiger partial charge is 0.335 e. The predicted molar refractivity (Wildman–Crippen MR) is 81.2 cm³/mol. The summed E-state index contributed by atoms with van der Waals surface area (Å²) in [5, 5.41) is 18.2. The van der Waals surface area contributed by atoms with Gasteiger partial charge in [-0.3, -0.25) is 4.79 Å². The maximum absolute atomic E-state index is 12.4. The molecule has 1 aliphatic rings. The van der Waals surface area contributed by atoms with Crippen molar-refractivity contribution < 1.29 is 14.7 Å². The average molecular weight is 300 g/mol. The van der Waals surface area contributed by atoms with Gasteiger partial charge in [0.25, 0.3) is 0 Å². The minimum Gasteiger partial charge on any atom is -0.478 e. The van der Waals surface area contributed by atoms with Gasteiger partial charge in [-0.25, -0.2) is 4.79 Å². The number of aromatic carboxylic acids is 1. The van der Waals surface area contributed by atoms with Crippen molar-refractivity contribution in [2.24, 2.45) is 11.8 Å². The fraction of sp³-hybridized carbons (Fsp3) is 0.471. The Morgan fingerprint density at radius 3 is 2.41 bits per heavy atom. The van der Waals surface area contributed by atoms with Gasteiger partial charge in [-0.05, 0) is 42.9 Å². The largest absolute Gasteiger partial charge is 0.478 e. The van der Waals surface area contributed by atoms with E-state index < -0.39 is 11.9 Å². The molecule has 5 heteroatoms. The fourth-order valence-corrected chi connectivity index (χ4v) is 2.66. The van der Waals surface area contributed by atoms with Crippen molar-refractivity contribution >= 4 is 11.9 Å². The van der Waals surface area contributed by atoms with Gasteiger partial charge >= 0.3 is 5.97 Å².